The van der Waals surface area contributed by atoms with Gasteiger partial charge in [-0.2, -0.15) is 0 Å². The first-order valence-electron chi connectivity index (χ1n) is 3.96. The summed E-state index contributed by atoms with van der Waals surface area (Å²) in [6.45, 7) is 6.42. The van der Waals surface area contributed by atoms with Gasteiger partial charge in [0.05, 0.1) is 12.5 Å². The van der Waals surface area contributed by atoms with Crippen LogP contribution in [0.2, 0.25) is 19.6 Å². The predicted molar refractivity (Wildman–Crippen MR) is 52.2 cm³/mol. The Morgan fingerprint density at radius 3 is 2.67 bits per heavy atom. The van der Waals surface area contributed by atoms with E-state index in [1.54, 1.807) is 12.5 Å². The van der Waals surface area contributed by atoms with E-state index in [-0.39, 0.29) is 0 Å². The molecule has 1 heterocycles. The van der Waals surface area contributed by atoms with E-state index in [1.165, 1.54) is 0 Å². The van der Waals surface area contributed by atoms with Crippen molar-refractivity contribution in [3.8, 4) is 0 Å². The van der Waals surface area contributed by atoms with E-state index in [0.29, 0.717) is 0 Å². The Morgan fingerprint density at radius 1 is 1.42 bits per heavy atom. The van der Waals surface area contributed by atoms with Crippen LogP contribution in [0, 0.1) is 0 Å². The standard InChI is InChI=1S/C9H14O2Si/c1-12(2,3)11-8-6-9-5-4-7-10-9/h4-8H,1-3H3/b8-6-. The molecule has 0 aliphatic carbocycles. The molecule has 0 bridgehead atoms. The second kappa shape index (κ2) is 3.63. The molecule has 0 amide bonds. The first-order valence-corrected chi connectivity index (χ1v) is 7.37. The number of hydrogen-bond acceptors (Lipinski definition) is 2. The average molecular weight is 182 g/mol. The zero-order valence-electron chi connectivity index (χ0n) is 7.70. The predicted octanol–water partition coefficient (Wildman–Crippen LogP) is 3.10. The lowest BCUT2D eigenvalue weighted by atomic mass is 10.4. The van der Waals surface area contributed by atoms with Gasteiger partial charge in [0.2, 0.25) is 8.32 Å². The molecule has 0 fully saturated rings. The smallest absolute Gasteiger partial charge is 0.241 e. The number of furan rings is 1. The maximum absolute atomic E-state index is 5.50. The second-order valence-corrected chi connectivity index (χ2v) is 8.01. The maximum atomic E-state index is 5.50. The summed E-state index contributed by atoms with van der Waals surface area (Å²) in [4.78, 5) is 0. The highest BCUT2D eigenvalue weighted by Gasteiger charge is 2.12. The van der Waals surface area contributed by atoms with Crippen molar-refractivity contribution in [3.63, 3.8) is 0 Å². The lowest BCUT2D eigenvalue weighted by Crippen LogP contribution is -2.21. The van der Waals surface area contributed by atoms with Crippen LogP contribution in [0.25, 0.3) is 6.08 Å². The molecule has 0 spiro atoms. The van der Waals surface area contributed by atoms with Gasteiger partial charge in [0.15, 0.2) is 0 Å². The van der Waals surface area contributed by atoms with Gasteiger partial charge in [-0.25, -0.2) is 0 Å². The first kappa shape index (κ1) is 9.13. The number of hydrogen-bond donors (Lipinski definition) is 0. The highest BCUT2D eigenvalue weighted by Crippen LogP contribution is 2.06. The van der Waals surface area contributed by atoms with Crippen molar-refractivity contribution in [2.75, 3.05) is 0 Å². The van der Waals surface area contributed by atoms with E-state index in [0.717, 1.165) is 5.76 Å². The second-order valence-electron chi connectivity index (χ2n) is 3.55. The van der Waals surface area contributed by atoms with E-state index in [2.05, 4.69) is 19.6 Å². The van der Waals surface area contributed by atoms with Gasteiger partial charge in [-0.15, -0.1) is 0 Å². The van der Waals surface area contributed by atoms with Crippen LogP contribution in [0.3, 0.4) is 0 Å². The highest BCUT2D eigenvalue weighted by molar-refractivity contribution is 6.69. The van der Waals surface area contributed by atoms with Crippen LogP contribution in [0.5, 0.6) is 0 Å². The third-order valence-electron chi connectivity index (χ3n) is 1.20. The lowest BCUT2D eigenvalue weighted by molar-refractivity contribution is 0.480. The Hall–Kier alpha value is -0.963. The fourth-order valence-electron chi connectivity index (χ4n) is 0.691. The van der Waals surface area contributed by atoms with Crippen LogP contribution in [0.4, 0.5) is 0 Å². The van der Waals surface area contributed by atoms with Gasteiger partial charge >= 0.3 is 0 Å². The normalized spacial score (nSPS) is 12.2. The molecule has 3 heteroatoms. The van der Waals surface area contributed by atoms with Crippen molar-refractivity contribution in [2.24, 2.45) is 0 Å². The molecule has 0 unspecified atom stereocenters. The molecule has 0 atom stereocenters. The zero-order valence-corrected chi connectivity index (χ0v) is 8.70. The van der Waals surface area contributed by atoms with Crippen LogP contribution in [0.1, 0.15) is 5.76 Å². The minimum Gasteiger partial charge on any atom is -0.550 e. The van der Waals surface area contributed by atoms with Crippen molar-refractivity contribution < 1.29 is 8.84 Å². The summed E-state index contributed by atoms with van der Waals surface area (Å²) in [6, 6.07) is 3.75. The van der Waals surface area contributed by atoms with E-state index < -0.39 is 8.32 Å². The molecule has 1 rings (SSSR count). The van der Waals surface area contributed by atoms with Crippen LogP contribution >= 0.6 is 0 Å². The quantitative estimate of drug-likeness (QED) is 0.529. The van der Waals surface area contributed by atoms with Crippen molar-refractivity contribution >= 4 is 14.4 Å². The molecule has 0 saturated carbocycles. The fourth-order valence-corrected chi connectivity index (χ4v) is 1.17. The summed E-state index contributed by atoms with van der Waals surface area (Å²) in [6.07, 6.45) is 5.19. The first-order chi connectivity index (χ1) is 5.58. The molecule has 0 saturated heterocycles. The van der Waals surface area contributed by atoms with Crippen molar-refractivity contribution in [2.45, 2.75) is 19.6 Å². The summed E-state index contributed by atoms with van der Waals surface area (Å²) < 4.78 is 10.6. The molecule has 0 aliphatic rings. The summed E-state index contributed by atoms with van der Waals surface area (Å²) in [5, 5.41) is 0. The molecular formula is C9H14O2Si. The average Bonchev–Trinajstić information content (AvgIpc) is 2.36. The molecule has 0 aromatic carbocycles. The van der Waals surface area contributed by atoms with Gasteiger partial charge in [-0.05, 0) is 31.8 Å². The Balaban J connectivity index is 2.42. The van der Waals surface area contributed by atoms with E-state index in [1.807, 2.05) is 18.2 Å². The zero-order chi connectivity index (χ0) is 9.03. The SMILES string of the molecule is C[Si](C)(C)O/C=C\c1ccco1. The van der Waals surface area contributed by atoms with Gasteiger partial charge in [0, 0.05) is 6.08 Å². The molecule has 0 N–H and O–H groups in total. The minimum absolute atomic E-state index is 0.827. The summed E-state index contributed by atoms with van der Waals surface area (Å²) in [5.74, 6) is 0.827. The van der Waals surface area contributed by atoms with Gasteiger partial charge in [-0.3, -0.25) is 0 Å². The Kier molecular flexibility index (Phi) is 2.76. The largest absolute Gasteiger partial charge is 0.550 e. The fraction of sp³-hybridized carbons (Fsp3) is 0.333. The van der Waals surface area contributed by atoms with E-state index in [4.69, 9.17) is 8.84 Å². The Morgan fingerprint density at radius 2 is 2.17 bits per heavy atom. The number of rotatable bonds is 3. The molecule has 0 radical (unpaired) electrons. The van der Waals surface area contributed by atoms with Crippen LogP contribution < -0.4 is 0 Å². The van der Waals surface area contributed by atoms with Gasteiger partial charge in [-0.1, -0.05) is 0 Å². The molecule has 2 nitrogen and oxygen atoms in total. The highest BCUT2D eigenvalue weighted by atomic mass is 28.4. The molecule has 12 heavy (non-hydrogen) atoms. The topological polar surface area (TPSA) is 22.4 Å². The molecule has 1 aromatic heterocycles. The van der Waals surface area contributed by atoms with Crippen LogP contribution in [-0.2, 0) is 4.43 Å². The van der Waals surface area contributed by atoms with Gasteiger partial charge in [0.25, 0.3) is 0 Å². The summed E-state index contributed by atoms with van der Waals surface area (Å²) in [7, 11) is -1.42. The van der Waals surface area contributed by atoms with Gasteiger partial charge in [0.1, 0.15) is 5.76 Å². The lowest BCUT2D eigenvalue weighted by Gasteiger charge is -2.14. The Bertz CT molecular complexity index is 244. The monoisotopic (exact) mass is 182 g/mol. The third-order valence-corrected chi connectivity index (χ3v) is 2.04. The van der Waals surface area contributed by atoms with Crippen molar-refractivity contribution in [1.29, 1.82) is 0 Å². The van der Waals surface area contributed by atoms with Gasteiger partial charge < -0.3 is 8.84 Å². The third kappa shape index (κ3) is 3.43. The van der Waals surface area contributed by atoms with E-state index in [9.17, 15) is 0 Å². The van der Waals surface area contributed by atoms with Crippen molar-refractivity contribution in [1.82, 2.24) is 0 Å². The Labute approximate surface area is 74.0 Å². The molecule has 1 aromatic rings. The van der Waals surface area contributed by atoms with Crippen molar-refractivity contribution in [3.05, 3.63) is 30.4 Å². The minimum atomic E-state index is -1.42. The van der Waals surface area contributed by atoms with Crippen LogP contribution in [-0.4, -0.2) is 8.32 Å². The molecular weight excluding hydrogens is 168 g/mol. The maximum Gasteiger partial charge on any atom is 0.241 e. The molecule has 66 valence electrons. The summed E-state index contributed by atoms with van der Waals surface area (Å²) in [5.41, 5.74) is 0. The summed E-state index contributed by atoms with van der Waals surface area (Å²) >= 11 is 0. The van der Waals surface area contributed by atoms with Crippen LogP contribution in [0.15, 0.2) is 29.1 Å². The molecule has 0 aliphatic heterocycles. The van der Waals surface area contributed by atoms with E-state index >= 15 is 0 Å².